The molecule has 27 nitrogen and oxygen atoms in total. The van der Waals surface area contributed by atoms with Crippen LogP contribution in [0, 0.1) is 11.8 Å². The van der Waals surface area contributed by atoms with Crippen LogP contribution in [0.3, 0.4) is 0 Å². The Morgan fingerprint density at radius 3 is 1.95 bits per heavy atom. The number of nitrogens with zero attached hydrogens (tertiary/aromatic N) is 3. The van der Waals surface area contributed by atoms with Gasteiger partial charge in [0.25, 0.3) is 0 Å². The zero-order valence-corrected chi connectivity index (χ0v) is 45.3. The van der Waals surface area contributed by atoms with E-state index >= 15 is 0 Å². The van der Waals surface area contributed by atoms with Crippen LogP contribution in [0.25, 0.3) is 0 Å². The lowest BCUT2D eigenvalue weighted by molar-refractivity contribution is -0.142. The molecule has 27 heteroatoms. The number of aromatic amines is 1. The van der Waals surface area contributed by atoms with Gasteiger partial charge in [-0.2, -0.15) is 0 Å². The first-order valence-electron chi connectivity index (χ1n) is 25.8. The number of aromatic nitrogens is 1. The summed E-state index contributed by atoms with van der Waals surface area (Å²) in [6, 6.07) is -6.63. The van der Waals surface area contributed by atoms with Crippen molar-refractivity contribution in [3.8, 4) is 0 Å². The molecule has 1 fully saturated rings. The maximum absolute atomic E-state index is 14.3. The summed E-state index contributed by atoms with van der Waals surface area (Å²) in [5, 5.41) is 31.6. The van der Waals surface area contributed by atoms with E-state index in [9.17, 15) is 57.8 Å². The van der Waals surface area contributed by atoms with Gasteiger partial charge in [-0.15, -0.1) is 0 Å². The highest BCUT2D eigenvalue weighted by atomic mass is 16.3. The van der Waals surface area contributed by atoms with Crippen LogP contribution >= 0.6 is 0 Å². The van der Waals surface area contributed by atoms with Crippen LogP contribution in [0.1, 0.15) is 112 Å². The molecule has 76 heavy (non-hydrogen) atoms. The van der Waals surface area contributed by atoms with Crippen molar-refractivity contribution in [2.75, 3.05) is 33.2 Å². The SMILES string of the molecule is CCC[C@H](NC(=O)[C@@H](NC(=O)[C@@H](CC(C)C)NC(=O)[C@@H](Cc1ccc[nH]1)NC(=O)CNC(=O)CN(C)C(C)=O)[C@@H](C)O)C(=O)N[C@H](C(=O)N[C@@H](CCCN=C(N)N)C(=O)N1CCC[C@H]1C(=O)N[C@H](C)C(N)=O)[C@@H](C)CC. The van der Waals surface area contributed by atoms with Gasteiger partial charge in [0.1, 0.15) is 48.3 Å². The van der Waals surface area contributed by atoms with Gasteiger partial charge >= 0.3 is 0 Å². The normalized spacial score (nSPS) is 16.6. The number of hydrogen-bond donors (Lipinski definition) is 13. The number of hydrogen-bond acceptors (Lipinski definition) is 13. The lowest BCUT2D eigenvalue weighted by Crippen LogP contribution is -2.62. The van der Waals surface area contributed by atoms with Crippen molar-refractivity contribution in [1.29, 1.82) is 0 Å². The quantitative estimate of drug-likeness (QED) is 0.0188. The maximum Gasteiger partial charge on any atom is 0.245 e. The van der Waals surface area contributed by atoms with Crippen LogP contribution in [0.15, 0.2) is 23.3 Å². The molecule has 0 saturated carbocycles. The molecule has 10 atom stereocenters. The molecule has 11 amide bonds. The molecule has 0 radical (unpaired) electrons. The van der Waals surface area contributed by atoms with E-state index in [1.165, 1.54) is 32.7 Å². The molecule has 426 valence electrons. The number of aliphatic imine (C=N–C) groups is 1. The molecule has 0 spiro atoms. The number of aliphatic hydroxyl groups excluding tert-OH is 1. The van der Waals surface area contributed by atoms with Crippen molar-refractivity contribution in [2.24, 2.45) is 34.0 Å². The number of likely N-dealkylation sites (tertiary alicyclic amines) is 1. The molecule has 1 aliphatic heterocycles. The predicted octanol–water partition coefficient (Wildman–Crippen LogP) is -3.63. The fraction of sp³-hybridized carbons (Fsp3) is 0.673. The molecular formula is C49H83N15O12. The minimum atomic E-state index is -1.67. The first-order valence-corrected chi connectivity index (χ1v) is 25.8. The Morgan fingerprint density at radius 2 is 1.38 bits per heavy atom. The lowest BCUT2D eigenvalue weighted by atomic mass is 9.96. The van der Waals surface area contributed by atoms with E-state index in [0.29, 0.717) is 25.0 Å². The monoisotopic (exact) mass is 1070 g/mol. The number of H-pyrrole nitrogens is 1. The molecule has 1 aromatic heterocycles. The topological polar surface area (TPSA) is 417 Å². The molecule has 2 heterocycles. The van der Waals surface area contributed by atoms with Gasteiger partial charge in [0, 0.05) is 45.4 Å². The minimum absolute atomic E-state index is 0.0301. The van der Waals surface area contributed by atoms with E-state index in [0.717, 1.165) is 4.90 Å². The van der Waals surface area contributed by atoms with E-state index in [1.807, 2.05) is 0 Å². The predicted molar refractivity (Wildman–Crippen MR) is 279 cm³/mol. The van der Waals surface area contributed by atoms with Crippen LogP contribution in [0.2, 0.25) is 0 Å². The van der Waals surface area contributed by atoms with Gasteiger partial charge in [0.2, 0.25) is 65.0 Å². The van der Waals surface area contributed by atoms with E-state index in [2.05, 4.69) is 52.5 Å². The average molecular weight is 1070 g/mol. The van der Waals surface area contributed by atoms with Gasteiger partial charge in [0.05, 0.1) is 19.2 Å². The Kier molecular flexibility index (Phi) is 27.4. The molecule has 2 rings (SSSR count). The molecule has 1 aliphatic rings. The van der Waals surface area contributed by atoms with Gasteiger partial charge in [0.15, 0.2) is 5.96 Å². The number of guanidine groups is 1. The Labute approximate surface area is 443 Å². The summed E-state index contributed by atoms with van der Waals surface area (Å²) < 4.78 is 0. The average Bonchev–Trinajstić information content (AvgIpc) is 4.07. The van der Waals surface area contributed by atoms with E-state index in [4.69, 9.17) is 17.2 Å². The van der Waals surface area contributed by atoms with Gasteiger partial charge < -0.3 is 79.6 Å². The van der Waals surface area contributed by atoms with Crippen LogP contribution in [-0.4, -0.2) is 178 Å². The van der Waals surface area contributed by atoms with Crippen molar-refractivity contribution in [2.45, 2.75) is 168 Å². The number of amides is 11. The number of carbonyl (C=O) groups excluding carboxylic acids is 11. The number of rotatable bonds is 32. The Bertz CT molecular complexity index is 2190. The first kappa shape index (κ1) is 64.8. The zero-order chi connectivity index (χ0) is 57.4. The third-order valence-electron chi connectivity index (χ3n) is 12.7. The van der Waals surface area contributed by atoms with Crippen molar-refractivity contribution >= 4 is 70.9 Å². The van der Waals surface area contributed by atoms with E-state index in [1.54, 1.807) is 52.9 Å². The Balaban J connectivity index is 2.33. The highest BCUT2D eigenvalue weighted by molar-refractivity contribution is 5.98. The Hall–Kier alpha value is -7.32. The second-order valence-corrected chi connectivity index (χ2v) is 19.6. The van der Waals surface area contributed by atoms with Crippen molar-refractivity contribution in [3.05, 3.63) is 24.0 Å². The lowest BCUT2D eigenvalue weighted by Gasteiger charge is -2.32. The van der Waals surface area contributed by atoms with Crippen LogP contribution in [0.4, 0.5) is 0 Å². The van der Waals surface area contributed by atoms with Gasteiger partial charge in [-0.05, 0) is 76.3 Å². The van der Waals surface area contributed by atoms with Gasteiger partial charge in [-0.25, -0.2) is 0 Å². The Morgan fingerprint density at radius 1 is 0.776 bits per heavy atom. The van der Waals surface area contributed by atoms with Crippen LogP contribution in [-0.2, 0) is 59.2 Å². The summed E-state index contributed by atoms with van der Waals surface area (Å²) in [5.41, 5.74) is 16.9. The summed E-state index contributed by atoms with van der Waals surface area (Å²) in [6.45, 7) is 12.2. The van der Waals surface area contributed by atoms with Crippen LogP contribution in [0.5, 0.6) is 0 Å². The number of likely N-dealkylation sites (N-methyl/N-ethyl adjacent to an activating group) is 1. The number of nitrogens with one attached hydrogen (secondary N) is 9. The molecule has 0 unspecified atom stereocenters. The van der Waals surface area contributed by atoms with Gasteiger partial charge in [-0.1, -0.05) is 47.5 Å². The van der Waals surface area contributed by atoms with Crippen molar-refractivity contribution < 1.29 is 57.8 Å². The smallest absolute Gasteiger partial charge is 0.245 e. The van der Waals surface area contributed by atoms with Crippen LogP contribution < -0.4 is 59.7 Å². The fourth-order valence-corrected chi connectivity index (χ4v) is 8.05. The van der Waals surface area contributed by atoms with E-state index in [-0.39, 0.29) is 75.9 Å². The number of nitrogens with two attached hydrogens (primary N) is 3. The molecule has 1 saturated heterocycles. The number of primary amides is 1. The molecule has 0 aromatic carbocycles. The zero-order valence-electron chi connectivity index (χ0n) is 45.3. The largest absolute Gasteiger partial charge is 0.391 e. The summed E-state index contributed by atoms with van der Waals surface area (Å²) in [5.74, 6) is -8.75. The fourth-order valence-electron chi connectivity index (χ4n) is 8.05. The standard InChI is InChI=1S/C49H83N15O12/c1-10-15-32(42(70)61-39(27(5)11-2)46(74)59-33(17-13-20-54-49(51)52)48(76)64-21-14-18-36(64)45(73)56-28(6)41(50)69)58-47(75)40(29(7)65)62-44(72)34(22-26(3)4)60-43(71)35(23-31-16-12-19-53-31)57-37(67)24-55-38(68)25-63(9)30(8)66/h12,16,19,26-29,32-36,39-40,53,65H,10-11,13-15,17-18,20-25H2,1-9H3,(H2,50,69)(H,55,68)(H,56,73)(H,57,67)(H,58,75)(H,59,74)(H,60,71)(H,61,70)(H,62,72)(H4,51,52,54)/t27-,28+,29+,32-,33-,34+,35+,36-,39-,40-/m0/s1. The highest BCUT2D eigenvalue weighted by Crippen LogP contribution is 2.21. The summed E-state index contributed by atoms with van der Waals surface area (Å²) >= 11 is 0. The summed E-state index contributed by atoms with van der Waals surface area (Å²) in [4.78, 5) is 156. The highest BCUT2D eigenvalue weighted by Gasteiger charge is 2.40. The second-order valence-electron chi connectivity index (χ2n) is 19.6. The summed E-state index contributed by atoms with van der Waals surface area (Å²) in [7, 11) is 1.41. The third-order valence-corrected chi connectivity index (χ3v) is 12.7. The van der Waals surface area contributed by atoms with Crippen molar-refractivity contribution in [3.63, 3.8) is 0 Å². The molecule has 1 aromatic rings. The van der Waals surface area contributed by atoms with Gasteiger partial charge in [-0.3, -0.25) is 57.7 Å². The van der Waals surface area contributed by atoms with Crippen molar-refractivity contribution in [1.82, 2.24) is 57.3 Å². The number of aliphatic hydroxyl groups is 1. The molecular weight excluding hydrogens is 991 g/mol. The molecule has 0 bridgehead atoms. The third kappa shape index (κ3) is 21.9. The molecule has 0 aliphatic carbocycles. The molecule has 16 N–H and O–H groups in total. The maximum atomic E-state index is 14.3. The second kappa shape index (κ2) is 32.2. The first-order chi connectivity index (χ1) is 35.7. The van der Waals surface area contributed by atoms with E-state index < -0.39 is 126 Å². The number of carbonyl (C=O) groups is 11. The summed E-state index contributed by atoms with van der Waals surface area (Å²) in [6.07, 6.45) is 1.84. The minimum Gasteiger partial charge on any atom is -0.391 e.